The first kappa shape index (κ1) is 17.1. The molecule has 1 aliphatic heterocycles. The first-order valence-corrected chi connectivity index (χ1v) is 8.36. The summed E-state index contributed by atoms with van der Waals surface area (Å²) in [5, 5.41) is 2.67. The Labute approximate surface area is 145 Å². The molecule has 0 aromatic heterocycles. The van der Waals surface area contributed by atoms with Crippen LogP contribution in [0.1, 0.15) is 18.4 Å². The Hall–Kier alpha value is -2.70. The van der Waals surface area contributed by atoms with Gasteiger partial charge in [0.15, 0.2) is 0 Å². The molecule has 132 valence electrons. The van der Waals surface area contributed by atoms with Gasteiger partial charge in [0.1, 0.15) is 5.82 Å². The van der Waals surface area contributed by atoms with Gasteiger partial charge in [0.2, 0.25) is 5.91 Å². The smallest absolute Gasteiger partial charge is 0.312 e. The Balaban J connectivity index is 1.49. The SMILES string of the molecule is O=C(NC1CC1)C(=O)N1CCN(C(=O)/C=C/c2ccccc2F)CC1. The second-order valence-corrected chi connectivity index (χ2v) is 6.22. The molecule has 6 nitrogen and oxygen atoms in total. The molecule has 1 aliphatic carbocycles. The van der Waals surface area contributed by atoms with Crippen LogP contribution in [0.25, 0.3) is 6.08 Å². The zero-order chi connectivity index (χ0) is 17.8. The van der Waals surface area contributed by atoms with Crippen LogP contribution in [0.15, 0.2) is 30.3 Å². The lowest BCUT2D eigenvalue weighted by Crippen LogP contribution is -2.53. The molecule has 0 unspecified atom stereocenters. The molecular weight excluding hydrogens is 325 g/mol. The van der Waals surface area contributed by atoms with Crippen LogP contribution in [0.4, 0.5) is 4.39 Å². The third kappa shape index (κ3) is 4.43. The summed E-state index contributed by atoms with van der Waals surface area (Å²) < 4.78 is 13.5. The highest BCUT2D eigenvalue weighted by Gasteiger charge is 2.31. The zero-order valence-corrected chi connectivity index (χ0v) is 13.8. The molecule has 3 amide bonds. The number of piperazine rings is 1. The van der Waals surface area contributed by atoms with Gasteiger partial charge in [-0.3, -0.25) is 14.4 Å². The van der Waals surface area contributed by atoms with Crippen LogP contribution >= 0.6 is 0 Å². The van der Waals surface area contributed by atoms with Gasteiger partial charge < -0.3 is 15.1 Å². The van der Waals surface area contributed by atoms with E-state index in [1.165, 1.54) is 23.1 Å². The molecule has 0 radical (unpaired) electrons. The molecule has 1 heterocycles. The zero-order valence-electron chi connectivity index (χ0n) is 13.8. The van der Waals surface area contributed by atoms with Crippen LogP contribution in [0.2, 0.25) is 0 Å². The van der Waals surface area contributed by atoms with Crippen molar-refractivity contribution in [3.8, 4) is 0 Å². The van der Waals surface area contributed by atoms with E-state index in [9.17, 15) is 18.8 Å². The maximum atomic E-state index is 13.5. The van der Waals surface area contributed by atoms with Gasteiger partial charge in [-0.2, -0.15) is 0 Å². The molecule has 1 aromatic carbocycles. The van der Waals surface area contributed by atoms with Gasteiger partial charge in [0.05, 0.1) is 0 Å². The number of nitrogens with zero attached hydrogens (tertiary/aromatic N) is 2. The first-order chi connectivity index (χ1) is 12.0. The average molecular weight is 345 g/mol. The number of amides is 3. The minimum atomic E-state index is -0.568. The molecule has 1 N–H and O–H groups in total. The van der Waals surface area contributed by atoms with Crippen molar-refractivity contribution in [2.24, 2.45) is 0 Å². The number of nitrogens with one attached hydrogen (secondary N) is 1. The summed E-state index contributed by atoms with van der Waals surface area (Å²) in [7, 11) is 0. The number of hydrogen-bond acceptors (Lipinski definition) is 3. The Morgan fingerprint density at radius 1 is 1.04 bits per heavy atom. The lowest BCUT2D eigenvalue weighted by molar-refractivity contribution is -0.148. The van der Waals surface area contributed by atoms with E-state index in [0.717, 1.165) is 12.8 Å². The standard InChI is InChI=1S/C18H20FN3O3/c19-15-4-2-1-3-13(15)5-8-16(23)21-9-11-22(12-10-21)18(25)17(24)20-14-6-7-14/h1-5,8,14H,6-7,9-12H2,(H,20,24)/b8-5+. The minimum Gasteiger partial charge on any atom is -0.345 e. The van der Waals surface area contributed by atoms with E-state index in [1.807, 2.05) is 0 Å². The Bertz CT molecular complexity index is 707. The van der Waals surface area contributed by atoms with Crippen molar-refractivity contribution in [1.82, 2.24) is 15.1 Å². The number of carbonyl (C=O) groups excluding carboxylic acids is 3. The third-order valence-electron chi connectivity index (χ3n) is 4.30. The largest absolute Gasteiger partial charge is 0.345 e. The van der Waals surface area contributed by atoms with Gasteiger partial charge in [0.25, 0.3) is 0 Å². The van der Waals surface area contributed by atoms with Crippen LogP contribution < -0.4 is 5.32 Å². The lowest BCUT2D eigenvalue weighted by Gasteiger charge is -2.33. The van der Waals surface area contributed by atoms with Gasteiger partial charge in [0, 0.05) is 43.9 Å². The van der Waals surface area contributed by atoms with Gasteiger partial charge in [-0.05, 0) is 25.0 Å². The van der Waals surface area contributed by atoms with E-state index in [4.69, 9.17) is 0 Å². The molecule has 2 aliphatic rings. The quantitative estimate of drug-likeness (QED) is 0.650. The van der Waals surface area contributed by atoms with Gasteiger partial charge in [-0.25, -0.2) is 4.39 Å². The highest BCUT2D eigenvalue weighted by molar-refractivity contribution is 6.35. The van der Waals surface area contributed by atoms with Crippen molar-refractivity contribution < 1.29 is 18.8 Å². The molecule has 0 bridgehead atoms. The number of benzene rings is 1. The molecule has 3 rings (SSSR count). The van der Waals surface area contributed by atoms with E-state index in [-0.39, 0.29) is 17.8 Å². The van der Waals surface area contributed by atoms with Crippen LogP contribution in [0.5, 0.6) is 0 Å². The van der Waals surface area contributed by atoms with E-state index >= 15 is 0 Å². The Kier molecular flexibility index (Phi) is 5.11. The second kappa shape index (κ2) is 7.46. The highest BCUT2D eigenvalue weighted by Crippen LogP contribution is 2.18. The topological polar surface area (TPSA) is 69.7 Å². The molecule has 0 spiro atoms. The molecule has 25 heavy (non-hydrogen) atoms. The summed E-state index contributed by atoms with van der Waals surface area (Å²) >= 11 is 0. The van der Waals surface area contributed by atoms with Crippen molar-refractivity contribution in [2.45, 2.75) is 18.9 Å². The lowest BCUT2D eigenvalue weighted by atomic mass is 10.2. The number of halogens is 1. The molecule has 0 atom stereocenters. The Morgan fingerprint density at radius 3 is 2.32 bits per heavy atom. The van der Waals surface area contributed by atoms with Crippen LogP contribution in [-0.2, 0) is 14.4 Å². The fourth-order valence-electron chi connectivity index (χ4n) is 2.63. The maximum Gasteiger partial charge on any atom is 0.312 e. The van der Waals surface area contributed by atoms with E-state index in [1.54, 1.807) is 23.1 Å². The van der Waals surface area contributed by atoms with Gasteiger partial charge >= 0.3 is 11.8 Å². The number of carbonyl (C=O) groups is 3. The first-order valence-electron chi connectivity index (χ1n) is 8.36. The molecule has 1 aromatic rings. The molecule has 1 saturated carbocycles. The predicted molar refractivity (Wildman–Crippen MR) is 89.8 cm³/mol. The van der Waals surface area contributed by atoms with Crippen molar-refractivity contribution in [1.29, 1.82) is 0 Å². The fourth-order valence-corrected chi connectivity index (χ4v) is 2.63. The predicted octanol–water partition coefficient (Wildman–Crippen LogP) is 0.788. The van der Waals surface area contributed by atoms with Crippen LogP contribution in [-0.4, -0.2) is 59.7 Å². The normalized spacial score (nSPS) is 17.6. The van der Waals surface area contributed by atoms with Gasteiger partial charge in [-0.15, -0.1) is 0 Å². The summed E-state index contributed by atoms with van der Waals surface area (Å²) in [6, 6.07) is 6.35. The number of rotatable bonds is 3. The van der Waals surface area contributed by atoms with E-state index < -0.39 is 11.8 Å². The molecule has 7 heteroatoms. The van der Waals surface area contributed by atoms with Crippen molar-refractivity contribution in [3.05, 3.63) is 41.7 Å². The second-order valence-electron chi connectivity index (χ2n) is 6.22. The summed E-state index contributed by atoms with van der Waals surface area (Å²) in [4.78, 5) is 39.0. The summed E-state index contributed by atoms with van der Waals surface area (Å²) in [6.07, 6.45) is 4.62. The summed E-state index contributed by atoms with van der Waals surface area (Å²) in [6.45, 7) is 1.33. The third-order valence-corrected chi connectivity index (χ3v) is 4.30. The molecule has 1 saturated heterocycles. The fraction of sp³-hybridized carbons (Fsp3) is 0.389. The average Bonchev–Trinajstić information content (AvgIpc) is 3.44. The summed E-state index contributed by atoms with van der Waals surface area (Å²) in [5.74, 6) is -1.73. The molecule has 2 fully saturated rings. The van der Waals surface area contributed by atoms with E-state index in [2.05, 4.69) is 5.32 Å². The van der Waals surface area contributed by atoms with Crippen molar-refractivity contribution >= 4 is 23.8 Å². The maximum absolute atomic E-state index is 13.5. The van der Waals surface area contributed by atoms with Crippen LogP contribution in [0.3, 0.4) is 0 Å². The van der Waals surface area contributed by atoms with Crippen molar-refractivity contribution in [3.63, 3.8) is 0 Å². The van der Waals surface area contributed by atoms with Gasteiger partial charge in [-0.1, -0.05) is 18.2 Å². The monoisotopic (exact) mass is 345 g/mol. The van der Waals surface area contributed by atoms with E-state index in [0.29, 0.717) is 31.7 Å². The summed E-state index contributed by atoms with van der Waals surface area (Å²) in [5.41, 5.74) is 0.349. The minimum absolute atomic E-state index is 0.142. The number of hydrogen-bond donors (Lipinski definition) is 1. The molecular formula is C18H20FN3O3. The highest BCUT2D eigenvalue weighted by atomic mass is 19.1. The van der Waals surface area contributed by atoms with Crippen molar-refractivity contribution in [2.75, 3.05) is 26.2 Å². The Morgan fingerprint density at radius 2 is 1.68 bits per heavy atom. The van der Waals surface area contributed by atoms with Crippen LogP contribution in [0, 0.1) is 5.82 Å².